The minimum absolute atomic E-state index is 0.0309. The van der Waals surface area contributed by atoms with E-state index in [1.807, 2.05) is 0 Å². The van der Waals surface area contributed by atoms with Crippen LogP contribution in [0.5, 0.6) is 0 Å². The summed E-state index contributed by atoms with van der Waals surface area (Å²) in [5.74, 6) is -0.398. The van der Waals surface area contributed by atoms with E-state index in [0.29, 0.717) is 5.06 Å². The topological polar surface area (TPSA) is 73.3 Å². The fourth-order valence-electron chi connectivity index (χ4n) is 0.819. The van der Waals surface area contributed by atoms with Crippen molar-refractivity contribution in [2.45, 2.75) is 4.87 Å². The summed E-state index contributed by atoms with van der Waals surface area (Å²) in [5, 5.41) is 16.8. The van der Waals surface area contributed by atoms with Crippen molar-refractivity contribution in [1.29, 1.82) is 5.41 Å². The third-order valence-corrected chi connectivity index (χ3v) is 3.09. The van der Waals surface area contributed by atoms with E-state index in [0.717, 1.165) is 12.4 Å². The lowest BCUT2D eigenvalue weighted by molar-refractivity contribution is 0.00848. The van der Waals surface area contributed by atoms with E-state index in [1.165, 1.54) is 0 Å². The van der Waals surface area contributed by atoms with E-state index < -0.39 is 10.7 Å². The summed E-state index contributed by atoms with van der Waals surface area (Å²) in [7, 11) is 0. The normalized spacial score (nSPS) is 20.8. The van der Waals surface area contributed by atoms with Crippen LogP contribution in [0.15, 0.2) is 22.5 Å². The maximum Gasteiger partial charge on any atom is 0.174 e. The number of halogens is 3. The Hall–Kier alpha value is -0.420. The Balaban J connectivity index is 3.18. The van der Waals surface area contributed by atoms with Gasteiger partial charge in [0.05, 0.1) is 10.1 Å². The molecule has 1 rings (SSSR count). The van der Waals surface area contributed by atoms with Crippen LogP contribution in [0.3, 0.4) is 0 Å². The highest BCUT2D eigenvalue weighted by Gasteiger charge is 2.41. The Morgan fingerprint density at radius 2 is 1.85 bits per heavy atom. The van der Waals surface area contributed by atoms with Crippen molar-refractivity contribution in [1.82, 2.24) is 5.06 Å². The first-order valence-corrected chi connectivity index (χ1v) is 4.28. The number of nitrogens with two attached hydrogens (primary N) is 1. The summed E-state index contributed by atoms with van der Waals surface area (Å²) in [6.07, 6.45) is 2.23. The molecular weight excluding hydrogens is 236 g/mol. The second kappa shape index (κ2) is 3.38. The zero-order valence-electron chi connectivity index (χ0n) is 6.26. The third kappa shape index (κ3) is 1.62. The molecule has 0 atom stereocenters. The highest BCUT2D eigenvalue weighted by molar-refractivity contribution is 6.54. The highest BCUT2D eigenvalue weighted by Crippen LogP contribution is 2.40. The SMILES string of the molecule is N=C(N)C1(Cl)C(Cl)=CN(O)C=C1Cl. The Kier molecular flexibility index (Phi) is 2.77. The molecule has 0 amide bonds. The lowest BCUT2D eigenvalue weighted by Crippen LogP contribution is -2.41. The van der Waals surface area contributed by atoms with Crippen molar-refractivity contribution in [2.24, 2.45) is 5.73 Å². The third-order valence-electron chi connectivity index (χ3n) is 1.52. The smallest absolute Gasteiger partial charge is 0.174 e. The van der Waals surface area contributed by atoms with Crippen LogP contribution in [0.1, 0.15) is 0 Å². The van der Waals surface area contributed by atoms with E-state index >= 15 is 0 Å². The molecule has 0 aromatic rings. The van der Waals surface area contributed by atoms with Crippen LogP contribution in [0.4, 0.5) is 0 Å². The van der Waals surface area contributed by atoms with Gasteiger partial charge in [0, 0.05) is 12.4 Å². The maximum absolute atomic E-state index is 9.01. The first-order valence-electron chi connectivity index (χ1n) is 3.15. The van der Waals surface area contributed by atoms with Crippen LogP contribution in [-0.2, 0) is 0 Å². The first kappa shape index (κ1) is 10.7. The largest absolute Gasteiger partial charge is 0.386 e. The Morgan fingerprint density at radius 1 is 1.46 bits per heavy atom. The van der Waals surface area contributed by atoms with Crippen molar-refractivity contribution in [3.63, 3.8) is 0 Å². The molecule has 7 heteroatoms. The summed E-state index contributed by atoms with van der Waals surface area (Å²) in [5.41, 5.74) is 5.23. The van der Waals surface area contributed by atoms with Gasteiger partial charge in [-0.1, -0.05) is 34.8 Å². The molecule has 0 aliphatic carbocycles. The molecular formula is C6H6Cl3N3O. The van der Waals surface area contributed by atoms with Crippen molar-refractivity contribution in [3.8, 4) is 0 Å². The molecule has 0 radical (unpaired) electrons. The average Bonchev–Trinajstić information content (AvgIpc) is 1.99. The maximum atomic E-state index is 9.01. The predicted octanol–water partition coefficient (Wildman–Crippen LogP) is 1.77. The van der Waals surface area contributed by atoms with Gasteiger partial charge in [0.25, 0.3) is 0 Å². The Morgan fingerprint density at radius 3 is 2.15 bits per heavy atom. The molecule has 0 fully saturated rings. The van der Waals surface area contributed by atoms with Gasteiger partial charge < -0.3 is 5.73 Å². The van der Waals surface area contributed by atoms with Crippen LogP contribution in [0.25, 0.3) is 0 Å². The van der Waals surface area contributed by atoms with Crippen LogP contribution in [0, 0.1) is 5.41 Å². The van der Waals surface area contributed by atoms with Crippen LogP contribution in [0.2, 0.25) is 0 Å². The quantitative estimate of drug-likeness (QED) is 0.373. The van der Waals surface area contributed by atoms with Crippen molar-refractivity contribution < 1.29 is 5.21 Å². The molecule has 13 heavy (non-hydrogen) atoms. The molecule has 0 aromatic heterocycles. The highest BCUT2D eigenvalue weighted by atomic mass is 35.5. The number of rotatable bonds is 1. The van der Waals surface area contributed by atoms with E-state index in [-0.39, 0.29) is 10.1 Å². The number of nitrogens with one attached hydrogen (secondary N) is 1. The molecule has 0 unspecified atom stereocenters. The lowest BCUT2D eigenvalue weighted by atomic mass is 10.1. The van der Waals surface area contributed by atoms with E-state index in [2.05, 4.69) is 0 Å². The van der Waals surface area contributed by atoms with E-state index in [1.54, 1.807) is 0 Å². The van der Waals surface area contributed by atoms with E-state index in [4.69, 9.17) is 51.2 Å². The Bertz CT molecular complexity index is 292. The van der Waals surface area contributed by atoms with Gasteiger partial charge in [-0.2, -0.15) is 0 Å². The molecule has 1 heterocycles. The molecule has 72 valence electrons. The number of hydroxylamine groups is 2. The lowest BCUT2D eigenvalue weighted by Gasteiger charge is -2.29. The fraction of sp³-hybridized carbons (Fsp3) is 0.167. The number of hydrogen-bond donors (Lipinski definition) is 3. The zero-order chi connectivity index (χ0) is 10.2. The minimum Gasteiger partial charge on any atom is -0.386 e. The van der Waals surface area contributed by atoms with E-state index in [9.17, 15) is 0 Å². The number of amidine groups is 1. The molecule has 0 aromatic carbocycles. The number of alkyl halides is 1. The van der Waals surface area contributed by atoms with Crippen molar-refractivity contribution >= 4 is 40.6 Å². The molecule has 0 saturated carbocycles. The standard InChI is InChI=1S/C6H6Cl3N3O/c7-3-1-12(13)2-4(8)6(3,9)5(10)11/h1-2,13H,(H3,10,11). The van der Waals surface area contributed by atoms with Gasteiger partial charge >= 0.3 is 0 Å². The summed E-state index contributed by atoms with van der Waals surface area (Å²) in [6, 6.07) is 0. The fourth-order valence-corrected chi connectivity index (χ4v) is 1.57. The Labute approximate surface area is 89.6 Å². The average molecular weight is 242 g/mol. The van der Waals surface area contributed by atoms with Crippen molar-refractivity contribution in [2.75, 3.05) is 0 Å². The zero-order valence-corrected chi connectivity index (χ0v) is 8.53. The molecule has 4 N–H and O–H groups in total. The van der Waals surface area contributed by atoms with Gasteiger partial charge in [0.15, 0.2) is 4.87 Å². The van der Waals surface area contributed by atoms with Gasteiger partial charge in [-0.05, 0) is 0 Å². The van der Waals surface area contributed by atoms with Gasteiger partial charge in [0.2, 0.25) is 0 Å². The molecule has 1 aliphatic rings. The van der Waals surface area contributed by atoms with Gasteiger partial charge in [0.1, 0.15) is 5.84 Å². The predicted molar refractivity (Wildman–Crippen MR) is 52.0 cm³/mol. The second-order valence-corrected chi connectivity index (χ2v) is 3.79. The second-order valence-electron chi connectivity index (χ2n) is 2.41. The monoisotopic (exact) mass is 241 g/mol. The summed E-state index contributed by atoms with van der Waals surface area (Å²) in [4.78, 5) is -1.54. The minimum atomic E-state index is -1.54. The number of hydrogen-bond acceptors (Lipinski definition) is 3. The molecule has 0 saturated heterocycles. The first-order chi connectivity index (χ1) is 5.89. The summed E-state index contributed by atoms with van der Waals surface area (Å²) >= 11 is 17.3. The summed E-state index contributed by atoms with van der Waals surface area (Å²) < 4.78 is 0. The van der Waals surface area contributed by atoms with Gasteiger partial charge in [-0.15, -0.1) is 0 Å². The van der Waals surface area contributed by atoms with Crippen LogP contribution in [-0.4, -0.2) is 21.0 Å². The van der Waals surface area contributed by atoms with Gasteiger partial charge in [-0.25, -0.2) is 5.06 Å². The van der Waals surface area contributed by atoms with Crippen molar-refractivity contribution in [3.05, 3.63) is 22.5 Å². The van der Waals surface area contributed by atoms with Crippen LogP contribution < -0.4 is 5.73 Å². The summed E-state index contributed by atoms with van der Waals surface area (Å²) in [6.45, 7) is 0. The van der Waals surface area contributed by atoms with Gasteiger partial charge in [-0.3, -0.25) is 10.6 Å². The molecule has 0 bridgehead atoms. The number of nitrogens with zero attached hydrogens (tertiary/aromatic N) is 1. The van der Waals surface area contributed by atoms with Crippen LogP contribution >= 0.6 is 34.8 Å². The molecule has 1 aliphatic heterocycles. The molecule has 0 spiro atoms. The molecule has 4 nitrogen and oxygen atoms in total.